The Labute approximate surface area is 167 Å². The first-order valence-corrected chi connectivity index (χ1v) is 9.44. The maximum Gasteiger partial charge on any atom is 0.573 e. The highest BCUT2D eigenvalue weighted by molar-refractivity contribution is 7.80. The van der Waals surface area contributed by atoms with Crippen LogP contribution in [0.2, 0.25) is 0 Å². The average molecular weight is 410 g/mol. The molecule has 4 nitrogen and oxygen atoms in total. The van der Waals surface area contributed by atoms with Crippen LogP contribution in [-0.4, -0.2) is 29.9 Å². The number of hydrogen-bond donors (Lipinski definition) is 2. The molecule has 3 rings (SSSR count). The second kappa shape index (κ2) is 8.34. The van der Waals surface area contributed by atoms with Crippen LogP contribution in [0.15, 0.2) is 47.4 Å². The number of ether oxygens (including phenoxy) is 1. The second-order valence-electron chi connectivity index (χ2n) is 6.64. The van der Waals surface area contributed by atoms with Crippen molar-refractivity contribution in [3.05, 3.63) is 53.6 Å². The normalized spacial score (nSPS) is 16.2. The van der Waals surface area contributed by atoms with Crippen molar-refractivity contribution in [2.75, 3.05) is 11.9 Å². The zero-order valence-corrected chi connectivity index (χ0v) is 16.2. The van der Waals surface area contributed by atoms with E-state index in [2.05, 4.69) is 34.8 Å². The summed E-state index contributed by atoms with van der Waals surface area (Å²) in [7, 11) is 0. The number of nitrogens with zero attached hydrogens (tertiary/aromatic N) is 1. The first-order valence-electron chi connectivity index (χ1n) is 8.99. The number of halogens is 3. The van der Waals surface area contributed by atoms with Crippen molar-refractivity contribution in [1.82, 2.24) is 4.90 Å². The number of hydrogen-bond acceptors (Lipinski definition) is 3. The molecule has 0 fully saturated rings. The summed E-state index contributed by atoms with van der Waals surface area (Å²) in [5.41, 5.74) is 2.89. The smallest absolute Gasteiger partial charge is 0.406 e. The summed E-state index contributed by atoms with van der Waals surface area (Å²) in [6.45, 7) is 2.44. The van der Waals surface area contributed by atoms with E-state index in [1.807, 2.05) is 13.0 Å². The third-order valence-electron chi connectivity index (χ3n) is 4.77. The van der Waals surface area contributed by atoms with Crippen LogP contribution < -0.4 is 10.1 Å². The van der Waals surface area contributed by atoms with Gasteiger partial charge in [0, 0.05) is 23.2 Å². The van der Waals surface area contributed by atoms with Gasteiger partial charge >= 0.3 is 12.4 Å². The third kappa shape index (κ3) is 5.13. The molecule has 150 valence electrons. The highest BCUT2D eigenvalue weighted by Crippen LogP contribution is 2.28. The summed E-state index contributed by atoms with van der Waals surface area (Å²) in [5.74, 6) is -0.328. The van der Waals surface area contributed by atoms with Crippen LogP contribution in [0.3, 0.4) is 0 Å². The van der Waals surface area contributed by atoms with E-state index in [1.165, 1.54) is 35.4 Å². The summed E-state index contributed by atoms with van der Waals surface area (Å²) in [5, 5.41) is 2.75. The lowest BCUT2D eigenvalue weighted by molar-refractivity contribution is -0.274. The second-order valence-corrected chi connectivity index (χ2v) is 7.15. The van der Waals surface area contributed by atoms with Gasteiger partial charge in [0.2, 0.25) is 0 Å². The Morgan fingerprint density at radius 3 is 2.57 bits per heavy atom. The molecule has 1 aliphatic carbocycles. The number of amides is 2. The molecule has 0 saturated carbocycles. The topological polar surface area (TPSA) is 41.6 Å². The van der Waals surface area contributed by atoms with Crippen molar-refractivity contribution in [1.29, 1.82) is 0 Å². The molecule has 2 amide bonds. The van der Waals surface area contributed by atoms with Crippen molar-refractivity contribution in [3.8, 4) is 5.75 Å². The summed E-state index contributed by atoms with van der Waals surface area (Å²) in [6.07, 6.45) is -2.25. The minimum atomic E-state index is -4.74. The highest BCUT2D eigenvalue weighted by atomic mass is 32.1. The van der Waals surface area contributed by atoms with Gasteiger partial charge in [-0.05, 0) is 73.7 Å². The molecular formula is C20H21F3N2O2S. The van der Waals surface area contributed by atoms with Crippen LogP contribution in [0.4, 0.5) is 23.7 Å². The van der Waals surface area contributed by atoms with Gasteiger partial charge in [0.05, 0.1) is 0 Å². The van der Waals surface area contributed by atoms with E-state index in [4.69, 9.17) is 0 Å². The van der Waals surface area contributed by atoms with E-state index in [0.717, 1.165) is 24.2 Å². The van der Waals surface area contributed by atoms with Gasteiger partial charge < -0.3 is 15.0 Å². The first kappa shape index (κ1) is 20.4. The maximum atomic E-state index is 12.7. The third-order valence-corrected chi connectivity index (χ3v) is 5.05. The molecule has 1 unspecified atom stereocenters. The number of carbonyl (C=O) groups is 1. The standard InChI is InChI=1S/C20H21F3N2O2S/c1-2-25(16-7-3-14-12-18(28)10-4-13(14)11-16)19(26)24-15-5-8-17(9-6-15)27-20(21,22)23/h4-6,8-10,12,16,28H,2-3,7,11H2,1H3,(H,24,26). The number of alkyl halides is 3. The molecule has 28 heavy (non-hydrogen) atoms. The molecule has 0 saturated heterocycles. The number of nitrogens with one attached hydrogen (secondary N) is 1. The molecule has 0 spiro atoms. The van der Waals surface area contributed by atoms with Crippen LogP contribution in [0.1, 0.15) is 24.5 Å². The van der Waals surface area contributed by atoms with Crippen molar-refractivity contribution in [2.45, 2.75) is 43.5 Å². The zero-order valence-electron chi connectivity index (χ0n) is 15.3. The summed E-state index contributed by atoms with van der Waals surface area (Å²) < 4.78 is 40.5. The number of fused-ring (bicyclic) bond motifs is 1. The Bertz CT molecular complexity index is 840. The number of benzene rings is 2. The van der Waals surface area contributed by atoms with Gasteiger partial charge in [0.1, 0.15) is 5.75 Å². The molecule has 0 radical (unpaired) electrons. The Hall–Kier alpha value is -2.35. The average Bonchev–Trinajstić information content (AvgIpc) is 2.63. The molecule has 1 atom stereocenters. The lowest BCUT2D eigenvalue weighted by Gasteiger charge is -2.34. The van der Waals surface area contributed by atoms with E-state index < -0.39 is 6.36 Å². The fourth-order valence-electron chi connectivity index (χ4n) is 3.49. The van der Waals surface area contributed by atoms with Gasteiger partial charge in [-0.25, -0.2) is 4.79 Å². The molecule has 1 N–H and O–H groups in total. The number of likely N-dealkylation sites (N-methyl/N-ethyl adjacent to an activating group) is 1. The van der Waals surface area contributed by atoms with Crippen molar-refractivity contribution < 1.29 is 22.7 Å². The van der Waals surface area contributed by atoms with Crippen LogP contribution in [-0.2, 0) is 12.8 Å². The van der Waals surface area contributed by atoms with Gasteiger partial charge in [-0.2, -0.15) is 0 Å². The first-order chi connectivity index (χ1) is 13.2. The highest BCUT2D eigenvalue weighted by Gasteiger charge is 2.31. The summed E-state index contributed by atoms with van der Waals surface area (Å²) in [4.78, 5) is 15.4. The van der Waals surface area contributed by atoms with Crippen molar-refractivity contribution >= 4 is 24.3 Å². The Morgan fingerprint density at radius 1 is 1.21 bits per heavy atom. The van der Waals surface area contributed by atoms with Gasteiger partial charge in [0.25, 0.3) is 0 Å². The number of urea groups is 1. The molecular weight excluding hydrogens is 389 g/mol. The molecule has 1 aliphatic rings. The number of anilines is 1. The Morgan fingerprint density at radius 2 is 1.93 bits per heavy atom. The van der Waals surface area contributed by atoms with Crippen LogP contribution >= 0.6 is 12.6 Å². The maximum absolute atomic E-state index is 12.7. The van der Waals surface area contributed by atoms with E-state index >= 15 is 0 Å². The van der Waals surface area contributed by atoms with Crippen molar-refractivity contribution in [3.63, 3.8) is 0 Å². The van der Waals surface area contributed by atoms with E-state index in [-0.39, 0.29) is 17.8 Å². The SMILES string of the molecule is CCN(C(=O)Nc1ccc(OC(F)(F)F)cc1)C1CCc2cc(S)ccc2C1. The van der Waals surface area contributed by atoms with Crippen molar-refractivity contribution in [2.24, 2.45) is 0 Å². The number of thiol groups is 1. The molecule has 2 aromatic rings. The predicted molar refractivity (Wildman–Crippen MR) is 104 cm³/mol. The van der Waals surface area contributed by atoms with Crippen LogP contribution in [0, 0.1) is 0 Å². The summed E-state index contributed by atoms with van der Waals surface area (Å²) in [6, 6.07) is 11.0. The lowest BCUT2D eigenvalue weighted by Crippen LogP contribution is -2.45. The molecule has 0 bridgehead atoms. The zero-order chi connectivity index (χ0) is 20.3. The van der Waals surface area contributed by atoms with Crippen LogP contribution in [0.5, 0.6) is 5.75 Å². The lowest BCUT2D eigenvalue weighted by atomic mass is 9.87. The van der Waals surface area contributed by atoms with E-state index in [0.29, 0.717) is 12.2 Å². The van der Waals surface area contributed by atoms with E-state index in [9.17, 15) is 18.0 Å². The fourth-order valence-corrected chi connectivity index (χ4v) is 3.72. The number of rotatable bonds is 4. The Balaban J connectivity index is 1.65. The monoisotopic (exact) mass is 410 g/mol. The minimum Gasteiger partial charge on any atom is -0.406 e. The van der Waals surface area contributed by atoms with Gasteiger partial charge in [-0.1, -0.05) is 6.07 Å². The fraction of sp³-hybridized carbons (Fsp3) is 0.350. The van der Waals surface area contributed by atoms with Gasteiger partial charge in [0.15, 0.2) is 0 Å². The predicted octanol–water partition coefficient (Wildman–Crippen LogP) is 5.29. The number of aryl methyl sites for hydroxylation is 1. The summed E-state index contributed by atoms with van der Waals surface area (Å²) >= 11 is 4.37. The molecule has 0 heterocycles. The molecule has 0 aliphatic heterocycles. The quantitative estimate of drug-likeness (QED) is 0.673. The Kier molecular flexibility index (Phi) is 6.07. The molecule has 2 aromatic carbocycles. The van der Waals surface area contributed by atoms with Gasteiger partial charge in [-0.15, -0.1) is 25.8 Å². The largest absolute Gasteiger partial charge is 0.573 e. The van der Waals surface area contributed by atoms with Crippen LogP contribution in [0.25, 0.3) is 0 Å². The van der Waals surface area contributed by atoms with E-state index in [1.54, 1.807) is 4.90 Å². The molecule has 8 heteroatoms. The minimum absolute atomic E-state index is 0.0658. The van der Waals surface area contributed by atoms with Gasteiger partial charge in [-0.3, -0.25) is 0 Å². The number of carbonyl (C=O) groups excluding carboxylic acids is 1. The molecule has 0 aromatic heterocycles.